The van der Waals surface area contributed by atoms with Crippen molar-refractivity contribution in [2.75, 3.05) is 6.26 Å². The van der Waals surface area contributed by atoms with E-state index in [9.17, 15) is 0 Å². The van der Waals surface area contributed by atoms with E-state index in [4.69, 9.17) is 5.26 Å². The molecule has 0 amide bonds. The SMILES string of the molecule is CSC(=Nc1cc(Br)cc(C)c1C)NC#N. The van der Waals surface area contributed by atoms with E-state index in [0.29, 0.717) is 5.17 Å². The Kier molecular flexibility index (Phi) is 4.84. The number of aryl methyl sites for hydroxylation is 1. The molecule has 0 fully saturated rings. The Bertz CT molecular complexity index is 463. The number of benzene rings is 1. The lowest BCUT2D eigenvalue weighted by Crippen LogP contribution is -2.12. The number of nitriles is 1. The van der Waals surface area contributed by atoms with Crippen molar-refractivity contribution in [1.82, 2.24) is 5.32 Å². The molecule has 0 aliphatic heterocycles. The number of nitrogens with one attached hydrogen (secondary N) is 1. The molecule has 1 rings (SSSR count). The molecule has 16 heavy (non-hydrogen) atoms. The molecule has 84 valence electrons. The van der Waals surface area contributed by atoms with E-state index in [2.05, 4.69) is 26.2 Å². The fourth-order valence-corrected chi connectivity index (χ4v) is 2.09. The van der Waals surface area contributed by atoms with Crippen LogP contribution < -0.4 is 5.32 Å². The summed E-state index contributed by atoms with van der Waals surface area (Å²) in [7, 11) is 0. The average Bonchev–Trinajstić information content (AvgIpc) is 2.24. The third kappa shape index (κ3) is 3.26. The van der Waals surface area contributed by atoms with E-state index < -0.39 is 0 Å². The molecule has 0 spiro atoms. The van der Waals surface area contributed by atoms with Gasteiger partial charge in [-0.25, -0.2) is 4.99 Å². The van der Waals surface area contributed by atoms with E-state index in [-0.39, 0.29) is 0 Å². The first-order valence-corrected chi connectivity index (χ1v) is 6.64. The van der Waals surface area contributed by atoms with Crippen LogP contribution in [-0.2, 0) is 0 Å². The summed E-state index contributed by atoms with van der Waals surface area (Å²) in [5, 5.41) is 11.7. The Hall–Kier alpha value is -0.990. The van der Waals surface area contributed by atoms with Gasteiger partial charge in [0, 0.05) is 4.47 Å². The second-order valence-electron chi connectivity index (χ2n) is 3.22. The maximum atomic E-state index is 8.56. The van der Waals surface area contributed by atoms with E-state index >= 15 is 0 Å². The van der Waals surface area contributed by atoms with Crippen molar-refractivity contribution in [3.8, 4) is 6.19 Å². The van der Waals surface area contributed by atoms with Crippen molar-refractivity contribution in [3.05, 3.63) is 27.7 Å². The van der Waals surface area contributed by atoms with E-state index in [1.54, 1.807) is 0 Å². The number of thioether (sulfide) groups is 1. The van der Waals surface area contributed by atoms with Crippen LogP contribution in [0.2, 0.25) is 0 Å². The van der Waals surface area contributed by atoms with Crippen LogP contribution in [0, 0.1) is 25.3 Å². The monoisotopic (exact) mass is 297 g/mol. The van der Waals surface area contributed by atoms with Gasteiger partial charge in [0.05, 0.1) is 5.69 Å². The standard InChI is InChI=1S/C11H12BrN3S/c1-7-4-9(12)5-10(8(7)2)15-11(16-3)14-6-13/h4-5H,1-3H3,(H,14,15). The zero-order valence-corrected chi connectivity index (χ0v) is 11.7. The van der Waals surface area contributed by atoms with Gasteiger partial charge >= 0.3 is 0 Å². The highest BCUT2D eigenvalue weighted by Crippen LogP contribution is 2.27. The smallest absolute Gasteiger partial charge is 0.183 e. The Labute approximate surface area is 108 Å². The zero-order chi connectivity index (χ0) is 12.1. The molecule has 0 bridgehead atoms. The number of rotatable bonds is 1. The molecule has 1 N–H and O–H groups in total. The van der Waals surface area contributed by atoms with Crippen LogP contribution in [0.4, 0.5) is 5.69 Å². The zero-order valence-electron chi connectivity index (χ0n) is 9.34. The van der Waals surface area contributed by atoms with Crippen molar-refractivity contribution in [3.63, 3.8) is 0 Å². The first kappa shape index (κ1) is 13.1. The maximum Gasteiger partial charge on any atom is 0.183 e. The third-order valence-electron chi connectivity index (χ3n) is 2.18. The van der Waals surface area contributed by atoms with Crippen molar-refractivity contribution >= 4 is 38.5 Å². The topological polar surface area (TPSA) is 48.2 Å². The molecule has 0 aromatic heterocycles. The van der Waals surface area contributed by atoms with Gasteiger partial charge in [-0.3, -0.25) is 5.32 Å². The number of hydrogen-bond donors (Lipinski definition) is 1. The number of aliphatic imine (C=N–C) groups is 1. The maximum absolute atomic E-state index is 8.56. The predicted octanol–water partition coefficient (Wildman–Crippen LogP) is 3.49. The predicted molar refractivity (Wildman–Crippen MR) is 73.0 cm³/mol. The van der Waals surface area contributed by atoms with Gasteiger partial charge in [-0.2, -0.15) is 5.26 Å². The molecule has 5 heteroatoms. The number of nitrogens with zero attached hydrogens (tertiary/aromatic N) is 2. The van der Waals surface area contributed by atoms with Crippen LogP contribution in [0.5, 0.6) is 0 Å². The molecule has 0 atom stereocenters. The molecule has 0 unspecified atom stereocenters. The Morgan fingerprint density at radius 3 is 2.75 bits per heavy atom. The summed E-state index contributed by atoms with van der Waals surface area (Å²) in [6.07, 6.45) is 3.75. The Morgan fingerprint density at radius 2 is 2.19 bits per heavy atom. The van der Waals surface area contributed by atoms with Crippen LogP contribution in [0.3, 0.4) is 0 Å². The van der Waals surface area contributed by atoms with Gasteiger partial charge < -0.3 is 0 Å². The summed E-state index contributed by atoms with van der Waals surface area (Å²) >= 11 is 4.85. The summed E-state index contributed by atoms with van der Waals surface area (Å²) in [5.74, 6) is 0. The van der Waals surface area contributed by atoms with Crippen molar-refractivity contribution < 1.29 is 0 Å². The molecule has 3 nitrogen and oxygen atoms in total. The molecule has 0 heterocycles. The lowest BCUT2D eigenvalue weighted by Gasteiger charge is -2.07. The minimum Gasteiger partial charge on any atom is -0.271 e. The number of halogens is 1. The van der Waals surface area contributed by atoms with Gasteiger partial charge in [0.1, 0.15) is 0 Å². The van der Waals surface area contributed by atoms with Gasteiger partial charge in [0.15, 0.2) is 11.4 Å². The van der Waals surface area contributed by atoms with Crippen LogP contribution in [0.15, 0.2) is 21.6 Å². The van der Waals surface area contributed by atoms with Gasteiger partial charge in [0.2, 0.25) is 0 Å². The third-order valence-corrected chi connectivity index (χ3v) is 3.22. The summed E-state index contributed by atoms with van der Waals surface area (Å²) in [5.41, 5.74) is 3.17. The lowest BCUT2D eigenvalue weighted by molar-refractivity contribution is 1.25. The van der Waals surface area contributed by atoms with Crippen molar-refractivity contribution in [1.29, 1.82) is 5.26 Å². The molecule has 0 aliphatic rings. The van der Waals surface area contributed by atoms with Gasteiger partial charge in [0.25, 0.3) is 0 Å². The van der Waals surface area contributed by atoms with Gasteiger partial charge in [-0.1, -0.05) is 27.7 Å². The molecule has 0 radical (unpaired) electrons. The molecule has 0 saturated carbocycles. The largest absolute Gasteiger partial charge is 0.271 e. The highest BCUT2D eigenvalue weighted by molar-refractivity contribution is 9.10. The van der Waals surface area contributed by atoms with Crippen LogP contribution in [-0.4, -0.2) is 11.4 Å². The highest BCUT2D eigenvalue weighted by Gasteiger charge is 2.04. The fraction of sp³-hybridized carbons (Fsp3) is 0.273. The Morgan fingerprint density at radius 1 is 1.50 bits per heavy atom. The van der Waals surface area contributed by atoms with Crippen LogP contribution in [0.25, 0.3) is 0 Å². The highest BCUT2D eigenvalue weighted by atomic mass is 79.9. The molecule has 0 saturated heterocycles. The first-order valence-electron chi connectivity index (χ1n) is 4.63. The van der Waals surface area contributed by atoms with Gasteiger partial charge in [-0.05, 0) is 43.4 Å². The Balaban J connectivity index is 3.18. The summed E-state index contributed by atoms with van der Waals surface area (Å²) < 4.78 is 0.992. The number of amidine groups is 1. The summed E-state index contributed by atoms with van der Waals surface area (Å²) in [6, 6.07) is 3.99. The van der Waals surface area contributed by atoms with Crippen LogP contribution >= 0.6 is 27.7 Å². The fourth-order valence-electron chi connectivity index (χ4n) is 1.20. The van der Waals surface area contributed by atoms with E-state index in [1.165, 1.54) is 17.3 Å². The summed E-state index contributed by atoms with van der Waals surface area (Å²) in [6.45, 7) is 4.06. The first-order chi connectivity index (χ1) is 7.58. The number of hydrogen-bond acceptors (Lipinski definition) is 3. The molecule has 0 aliphatic carbocycles. The average molecular weight is 298 g/mol. The lowest BCUT2D eigenvalue weighted by atomic mass is 10.1. The molecule has 1 aromatic carbocycles. The molecular weight excluding hydrogens is 286 g/mol. The summed E-state index contributed by atoms with van der Waals surface area (Å²) in [4.78, 5) is 4.40. The minimum absolute atomic E-state index is 0.600. The van der Waals surface area contributed by atoms with Gasteiger partial charge in [-0.15, -0.1) is 0 Å². The quantitative estimate of drug-likeness (QED) is 0.374. The molecular formula is C11H12BrN3S. The second kappa shape index (κ2) is 5.92. The second-order valence-corrected chi connectivity index (χ2v) is 4.94. The van der Waals surface area contributed by atoms with Crippen molar-refractivity contribution in [2.24, 2.45) is 4.99 Å². The van der Waals surface area contributed by atoms with E-state index in [1.807, 2.05) is 38.4 Å². The van der Waals surface area contributed by atoms with Crippen LogP contribution in [0.1, 0.15) is 11.1 Å². The van der Waals surface area contributed by atoms with E-state index in [0.717, 1.165) is 15.7 Å². The normalized spacial score (nSPS) is 11.1. The minimum atomic E-state index is 0.600. The molecule has 1 aromatic rings. The van der Waals surface area contributed by atoms with Crippen molar-refractivity contribution in [2.45, 2.75) is 13.8 Å².